The topological polar surface area (TPSA) is 48.4 Å². The van der Waals surface area contributed by atoms with Crippen molar-refractivity contribution in [1.82, 2.24) is 4.98 Å². The molecule has 0 N–H and O–H groups in total. The van der Waals surface area contributed by atoms with Crippen molar-refractivity contribution in [3.63, 3.8) is 0 Å². The number of pyridine rings is 1. The molecule has 0 aliphatic carbocycles. The van der Waals surface area contributed by atoms with Crippen LogP contribution in [0.2, 0.25) is 0 Å². The Bertz CT molecular complexity index is 911. The van der Waals surface area contributed by atoms with Crippen LogP contribution >= 0.6 is 0 Å². The maximum Gasteiger partial charge on any atom is 0.306 e. The van der Waals surface area contributed by atoms with Gasteiger partial charge in [0, 0.05) is 23.7 Å². The number of rotatable bonds is 8. The molecule has 0 aliphatic heterocycles. The van der Waals surface area contributed by atoms with E-state index in [2.05, 4.69) is 4.98 Å². The zero-order valence-corrected chi connectivity index (χ0v) is 15.7. The van der Waals surface area contributed by atoms with Gasteiger partial charge in [0.25, 0.3) is 0 Å². The third kappa shape index (κ3) is 5.39. The van der Waals surface area contributed by atoms with Crippen molar-refractivity contribution >= 4 is 5.97 Å². The summed E-state index contributed by atoms with van der Waals surface area (Å²) >= 11 is 0. The van der Waals surface area contributed by atoms with Crippen LogP contribution in [0.15, 0.2) is 66.9 Å². The molecular formula is C23H22FNO3. The summed E-state index contributed by atoms with van der Waals surface area (Å²) in [6, 6.07) is 17.8. The summed E-state index contributed by atoms with van der Waals surface area (Å²) in [5, 5.41) is 0. The van der Waals surface area contributed by atoms with Crippen molar-refractivity contribution in [1.29, 1.82) is 0 Å². The van der Waals surface area contributed by atoms with Crippen molar-refractivity contribution in [2.24, 2.45) is 0 Å². The van der Waals surface area contributed by atoms with Crippen LogP contribution in [0.3, 0.4) is 0 Å². The number of hydrogen-bond donors (Lipinski definition) is 0. The summed E-state index contributed by atoms with van der Waals surface area (Å²) in [5.74, 6) is 0.166. The average Bonchev–Trinajstić information content (AvgIpc) is 2.72. The lowest BCUT2D eigenvalue weighted by molar-refractivity contribution is -0.143. The summed E-state index contributed by atoms with van der Waals surface area (Å²) < 4.78 is 24.5. The third-order valence-electron chi connectivity index (χ3n) is 4.25. The molecule has 2 aromatic carbocycles. The van der Waals surface area contributed by atoms with Crippen LogP contribution in [0.25, 0.3) is 11.3 Å². The number of aryl methyl sites for hydroxylation is 1. The Morgan fingerprint density at radius 1 is 1.07 bits per heavy atom. The molecule has 5 heteroatoms. The van der Waals surface area contributed by atoms with Gasteiger partial charge >= 0.3 is 5.97 Å². The molecule has 28 heavy (non-hydrogen) atoms. The minimum atomic E-state index is -0.312. The molecule has 0 radical (unpaired) electrons. The molecule has 4 nitrogen and oxygen atoms in total. The second kappa shape index (κ2) is 9.65. The van der Waals surface area contributed by atoms with Gasteiger partial charge in [-0.25, -0.2) is 4.39 Å². The summed E-state index contributed by atoms with van der Waals surface area (Å²) in [6.07, 6.45) is 2.68. The van der Waals surface area contributed by atoms with Gasteiger partial charge in [-0.1, -0.05) is 18.2 Å². The van der Waals surface area contributed by atoms with E-state index in [1.165, 1.54) is 12.1 Å². The van der Waals surface area contributed by atoms with E-state index in [-0.39, 0.29) is 18.4 Å². The van der Waals surface area contributed by atoms with Gasteiger partial charge in [-0.05, 0) is 61.4 Å². The quantitative estimate of drug-likeness (QED) is 0.519. The number of aromatic nitrogens is 1. The highest BCUT2D eigenvalue weighted by molar-refractivity contribution is 5.69. The van der Waals surface area contributed by atoms with E-state index in [1.54, 1.807) is 19.2 Å². The zero-order valence-electron chi connectivity index (χ0n) is 15.7. The van der Waals surface area contributed by atoms with Crippen LogP contribution in [0.4, 0.5) is 4.39 Å². The Balaban J connectivity index is 1.64. The van der Waals surface area contributed by atoms with Crippen molar-refractivity contribution in [3.05, 3.63) is 83.8 Å². The van der Waals surface area contributed by atoms with Crippen molar-refractivity contribution in [3.8, 4) is 17.0 Å². The predicted molar refractivity (Wildman–Crippen MR) is 105 cm³/mol. The van der Waals surface area contributed by atoms with Gasteiger partial charge in [0.2, 0.25) is 0 Å². The number of esters is 1. The minimum absolute atomic E-state index is 0.198. The van der Waals surface area contributed by atoms with Crippen molar-refractivity contribution in [2.75, 3.05) is 6.61 Å². The van der Waals surface area contributed by atoms with Gasteiger partial charge in [0.05, 0.1) is 12.3 Å². The summed E-state index contributed by atoms with van der Waals surface area (Å²) in [7, 11) is 0. The van der Waals surface area contributed by atoms with Gasteiger partial charge < -0.3 is 9.47 Å². The van der Waals surface area contributed by atoms with Gasteiger partial charge in [0.15, 0.2) is 0 Å². The second-order valence-electron chi connectivity index (χ2n) is 6.25. The molecule has 3 aromatic rings. The summed E-state index contributed by atoms with van der Waals surface area (Å²) in [4.78, 5) is 15.8. The molecule has 0 spiro atoms. The van der Waals surface area contributed by atoms with E-state index in [0.29, 0.717) is 25.2 Å². The lowest BCUT2D eigenvalue weighted by Crippen LogP contribution is -2.05. The molecule has 0 aliphatic rings. The maximum atomic E-state index is 13.7. The molecule has 3 rings (SSSR count). The van der Waals surface area contributed by atoms with Crippen LogP contribution in [0, 0.1) is 5.82 Å². The van der Waals surface area contributed by atoms with E-state index >= 15 is 0 Å². The second-order valence-corrected chi connectivity index (χ2v) is 6.25. The molecule has 1 heterocycles. The minimum Gasteiger partial charge on any atom is -0.489 e. The molecule has 0 saturated heterocycles. The fourth-order valence-corrected chi connectivity index (χ4v) is 2.85. The van der Waals surface area contributed by atoms with Crippen LogP contribution in [0.1, 0.15) is 24.5 Å². The Morgan fingerprint density at radius 2 is 1.89 bits per heavy atom. The molecule has 0 amide bonds. The smallest absolute Gasteiger partial charge is 0.306 e. The molecular weight excluding hydrogens is 357 g/mol. The molecule has 0 saturated carbocycles. The Kier molecular flexibility index (Phi) is 6.73. The van der Waals surface area contributed by atoms with Crippen LogP contribution < -0.4 is 4.74 Å². The predicted octanol–water partition coefficient (Wildman–Crippen LogP) is 4.96. The van der Waals surface area contributed by atoms with E-state index in [1.807, 2.05) is 42.5 Å². The number of halogens is 1. The zero-order chi connectivity index (χ0) is 19.8. The Morgan fingerprint density at radius 3 is 2.61 bits per heavy atom. The first-order valence-corrected chi connectivity index (χ1v) is 9.23. The molecule has 1 aromatic heterocycles. The highest BCUT2D eigenvalue weighted by Gasteiger charge is 2.09. The monoisotopic (exact) mass is 379 g/mol. The largest absolute Gasteiger partial charge is 0.489 e. The fourth-order valence-electron chi connectivity index (χ4n) is 2.85. The lowest BCUT2D eigenvalue weighted by Gasteiger charge is -2.12. The van der Waals surface area contributed by atoms with Crippen molar-refractivity contribution in [2.45, 2.75) is 26.4 Å². The number of ether oxygens (including phenoxy) is 2. The highest BCUT2D eigenvalue weighted by Crippen LogP contribution is 2.24. The van der Waals surface area contributed by atoms with E-state index in [9.17, 15) is 9.18 Å². The molecule has 0 unspecified atom stereocenters. The third-order valence-corrected chi connectivity index (χ3v) is 4.25. The maximum absolute atomic E-state index is 13.7. The first kappa shape index (κ1) is 19.5. The van der Waals surface area contributed by atoms with Gasteiger partial charge in [0.1, 0.15) is 18.2 Å². The fraction of sp³-hybridized carbons (Fsp3) is 0.217. The first-order valence-electron chi connectivity index (χ1n) is 9.23. The number of carbonyl (C=O) groups excluding carboxylic acids is 1. The number of nitrogens with zero attached hydrogens (tertiary/aromatic N) is 1. The van der Waals surface area contributed by atoms with E-state index in [4.69, 9.17) is 9.47 Å². The Hall–Kier alpha value is -3.21. The normalized spacial score (nSPS) is 10.5. The van der Waals surface area contributed by atoms with Crippen LogP contribution in [-0.2, 0) is 22.6 Å². The SMILES string of the molecule is CCOC(=O)CCc1ccc(OCc2cc(F)ccc2-c2ccccn2)cc1. The standard InChI is InChI=1S/C23H22FNO3/c1-2-27-23(26)13-8-17-6-10-20(11-7-17)28-16-18-15-19(24)9-12-21(18)22-5-3-4-14-25-22/h3-7,9-12,14-15H,2,8,13,16H2,1H3. The molecule has 0 bridgehead atoms. The number of benzene rings is 2. The van der Waals surface area contributed by atoms with Crippen LogP contribution in [0.5, 0.6) is 5.75 Å². The van der Waals surface area contributed by atoms with Gasteiger partial charge in [-0.15, -0.1) is 0 Å². The highest BCUT2D eigenvalue weighted by atomic mass is 19.1. The molecule has 0 fully saturated rings. The Labute approximate surface area is 164 Å². The molecule has 144 valence electrons. The number of hydrogen-bond acceptors (Lipinski definition) is 4. The summed E-state index contributed by atoms with van der Waals surface area (Å²) in [5.41, 5.74) is 3.37. The first-order chi connectivity index (χ1) is 13.7. The van der Waals surface area contributed by atoms with Crippen molar-refractivity contribution < 1.29 is 18.7 Å². The van der Waals surface area contributed by atoms with E-state index < -0.39 is 0 Å². The molecule has 0 atom stereocenters. The van der Waals surface area contributed by atoms with Gasteiger partial charge in [-0.2, -0.15) is 0 Å². The van der Waals surface area contributed by atoms with Crippen LogP contribution in [-0.4, -0.2) is 17.6 Å². The summed E-state index contributed by atoms with van der Waals surface area (Å²) in [6.45, 7) is 2.42. The van der Waals surface area contributed by atoms with Gasteiger partial charge in [-0.3, -0.25) is 9.78 Å². The number of carbonyl (C=O) groups is 1. The van der Waals surface area contributed by atoms with E-state index in [0.717, 1.165) is 22.4 Å². The lowest BCUT2D eigenvalue weighted by atomic mass is 10.0. The average molecular weight is 379 g/mol.